The van der Waals surface area contributed by atoms with Crippen LogP contribution >= 0.6 is 11.3 Å². The lowest BCUT2D eigenvalue weighted by Gasteiger charge is -2.31. The van der Waals surface area contributed by atoms with Crippen LogP contribution < -0.4 is 20.3 Å². The number of nitrogens with zero attached hydrogens (tertiary/aromatic N) is 2. The van der Waals surface area contributed by atoms with Crippen molar-refractivity contribution < 1.29 is 18.3 Å². The zero-order valence-electron chi connectivity index (χ0n) is 16.7. The van der Waals surface area contributed by atoms with Crippen LogP contribution in [0.3, 0.4) is 0 Å². The number of hydrogen-bond acceptors (Lipinski definition) is 6. The number of amides is 1. The zero-order valence-corrected chi connectivity index (χ0v) is 17.5. The second-order valence-electron chi connectivity index (χ2n) is 7.62. The normalized spacial score (nSPS) is 19.6. The maximum absolute atomic E-state index is 14.4. The average Bonchev–Trinajstić information content (AvgIpc) is 3.51. The molecule has 2 bridgehead atoms. The molecule has 1 aromatic heterocycles. The summed E-state index contributed by atoms with van der Waals surface area (Å²) in [7, 11) is 1.45. The number of benzene rings is 2. The van der Waals surface area contributed by atoms with Gasteiger partial charge in [0.2, 0.25) is 0 Å². The largest absolute Gasteiger partial charge is 0.496 e. The number of nitrogens with one attached hydrogen (secondary N) is 2. The second-order valence-corrected chi connectivity index (χ2v) is 8.48. The van der Waals surface area contributed by atoms with Gasteiger partial charge in [0.15, 0.2) is 0 Å². The van der Waals surface area contributed by atoms with Gasteiger partial charge in [-0.15, -0.1) is 11.3 Å². The van der Waals surface area contributed by atoms with Crippen molar-refractivity contribution in [2.75, 3.05) is 30.4 Å². The monoisotopic (exact) mass is 442 g/mol. The first-order chi connectivity index (χ1) is 15.0. The van der Waals surface area contributed by atoms with Crippen LogP contribution in [0.1, 0.15) is 16.9 Å². The summed E-state index contributed by atoms with van der Waals surface area (Å²) in [6.07, 6.45) is 1.03. The van der Waals surface area contributed by atoms with Crippen molar-refractivity contribution in [3.05, 3.63) is 59.1 Å². The first-order valence-corrected chi connectivity index (χ1v) is 10.8. The van der Waals surface area contributed by atoms with E-state index in [1.807, 2.05) is 0 Å². The Labute approximate surface area is 181 Å². The number of fused-ring (bicyclic) bond motifs is 2. The number of carbonyl (C=O) groups is 1. The minimum Gasteiger partial charge on any atom is -0.496 e. The number of anilines is 2. The number of halogens is 2. The van der Waals surface area contributed by atoms with Gasteiger partial charge < -0.3 is 20.3 Å². The molecule has 0 saturated carbocycles. The number of carbonyl (C=O) groups excluding carboxylic acids is 1. The first-order valence-electron chi connectivity index (χ1n) is 9.93. The van der Waals surface area contributed by atoms with Gasteiger partial charge in [-0.05, 0) is 36.8 Å². The van der Waals surface area contributed by atoms with Crippen molar-refractivity contribution in [1.82, 2.24) is 10.3 Å². The molecule has 2 saturated heterocycles. The van der Waals surface area contributed by atoms with Gasteiger partial charge in [-0.25, -0.2) is 13.8 Å². The molecule has 2 atom stereocenters. The third kappa shape index (κ3) is 3.64. The van der Waals surface area contributed by atoms with Gasteiger partial charge >= 0.3 is 0 Å². The molecule has 2 aromatic carbocycles. The van der Waals surface area contributed by atoms with Crippen molar-refractivity contribution in [2.24, 2.45) is 0 Å². The number of ether oxygens (including phenoxy) is 1. The first kappa shape index (κ1) is 19.9. The Morgan fingerprint density at radius 2 is 2.19 bits per heavy atom. The zero-order chi connectivity index (χ0) is 21.5. The van der Waals surface area contributed by atoms with Crippen LogP contribution in [0.4, 0.5) is 20.2 Å². The summed E-state index contributed by atoms with van der Waals surface area (Å²) in [5.41, 5.74) is 1.52. The van der Waals surface area contributed by atoms with E-state index in [1.54, 1.807) is 23.6 Å². The SMILES string of the molecule is COc1cccc(F)c1-c1nc(C(=O)Nc2cc(F)ccc2N2C[C@H]3C[C@@H]2CN3)cs1. The summed E-state index contributed by atoms with van der Waals surface area (Å²) in [6.45, 7) is 1.68. The molecule has 0 radical (unpaired) electrons. The Bertz CT molecular complexity index is 1150. The molecule has 3 aromatic rings. The van der Waals surface area contributed by atoms with Gasteiger partial charge in [0.05, 0.1) is 24.0 Å². The second kappa shape index (κ2) is 7.90. The van der Waals surface area contributed by atoms with Crippen LogP contribution in [0.5, 0.6) is 5.75 Å². The van der Waals surface area contributed by atoms with Gasteiger partial charge in [0.25, 0.3) is 5.91 Å². The molecule has 2 fully saturated rings. The fraction of sp³-hybridized carbons (Fsp3) is 0.273. The van der Waals surface area contributed by atoms with E-state index in [0.717, 1.165) is 36.5 Å². The third-order valence-electron chi connectivity index (χ3n) is 5.72. The fourth-order valence-corrected chi connectivity index (χ4v) is 5.13. The highest BCUT2D eigenvalue weighted by molar-refractivity contribution is 7.13. The maximum atomic E-state index is 14.4. The minimum atomic E-state index is -0.481. The van der Waals surface area contributed by atoms with E-state index in [1.165, 1.54) is 25.3 Å². The number of methoxy groups -OCH3 is 1. The lowest BCUT2D eigenvalue weighted by atomic mass is 10.2. The molecule has 160 valence electrons. The Hall–Kier alpha value is -3.04. The number of thiazole rings is 1. The summed E-state index contributed by atoms with van der Waals surface area (Å²) < 4.78 is 33.6. The Kier molecular flexibility index (Phi) is 5.07. The van der Waals surface area contributed by atoms with E-state index in [0.29, 0.717) is 28.5 Å². The van der Waals surface area contributed by atoms with E-state index < -0.39 is 17.5 Å². The summed E-state index contributed by atoms with van der Waals surface area (Å²) in [6, 6.07) is 9.65. The van der Waals surface area contributed by atoms with Crippen LogP contribution in [0.15, 0.2) is 41.8 Å². The highest BCUT2D eigenvalue weighted by Gasteiger charge is 2.38. The highest BCUT2D eigenvalue weighted by atomic mass is 32.1. The molecule has 0 unspecified atom stereocenters. The standard InChI is InChI=1S/C22H20F2N4O2S/c1-30-19-4-2-3-15(24)20(19)22-27-17(11-31-22)21(29)26-16-7-12(23)5-6-18(16)28-10-13-8-14(28)9-25-13/h2-7,11,13-14,25H,8-10H2,1H3,(H,26,29)/t13-,14-/m1/s1. The summed E-state index contributed by atoms with van der Waals surface area (Å²) in [5, 5.41) is 8.11. The molecule has 0 aliphatic carbocycles. The van der Waals surface area contributed by atoms with Crippen molar-refractivity contribution in [3.8, 4) is 16.3 Å². The molecule has 0 spiro atoms. The number of aromatic nitrogens is 1. The highest BCUT2D eigenvalue weighted by Crippen LogP contribution is 2.37. The Balaban J connectivity index is 1.42. The summed E-state index contributed by atoms with van der Waals surface area (Å²) in [4.78, 5) is 19.4. The van der Waals surface area contributed by atoms with Crippen molar-refractivity contribution in [3.63, 3.8) is 0 Å². The summed E-state index contributed by atoms with van der Waals surface area (Å²) in [5.74, 6) is -1.05. The Morgan fingerprint density at radius 1 is 1.32 bits per heavy atom. The van der Waals surface area contributed by atoms with Crippen LogP contribution in [0.25, 0.3) is 10.6 Å². The molecule has 6 nitrogen and oxygen atoms in total. The van der Waals surface area contributed by atoms with Crippen LogP contribution in [0.2, 0.25) is 0 Å². The molecule has 5 rings (SSSR count). The molecule has 3 heterocycles. The van der Waals surface area contributed by atoms with Gasteiger partial charge in [0, 0.05) is 30.6 Å². The smallest absolute Gasteiger partial charge is 0.275 e. The maximum Gasteiger partial charge on any atom is 0.275 e. The molecule has 9 heteroatoms. The third-order valence-corrected chi connectivity index (χ3v) is 6.58. The van der Waals surface area contributed by atoms with Crippen molar-refractivity contribution in [1.29, 1.82) is 0 Å². The van der Waals surface area contributed by atoms with Gasteiger partial charge in [-0.2, -0.15) is 0 Å². The predicted octanol–water partition coefficient (Wildman–Crippen LogP) is 3.90. The minimum absolute atomic E-state index is 0.130. The van der Waals surface area contributed by atoms with Crippen LogP contribution in [-0.4, -0.2) is 43.2 Å². The summed E-state index contributed by atoms with van der Waals surface area (Å²) >= 11 is 1.14. The molecular formula is C22H20F2N4O2S. The van der Waals surface area contributed by atoms with E-state index in [2.05, 4.69) is 20.5 Å². The Morgan fingerprint density at radius 3 is 2.94 bits per heavy atom. The lowest BCUT2D eigenvalue weighted by molar-refractivity contribution is 0.102. The van der Waals surface area contributed by atoms with Crippen LogP contribution in [0, 0.1) is 11.6 Å². The average molecular weight is 442 g/mol. The number of piperazine rings is 1. The van der Waals surface area contributed by atoms with Crippen molar-refractivity contribution in [2.45, 2.75) is 18.5 Å². The van der Waals surface area contributed by atoms with E-state index in [9.17, 15) is 13.6 Å². The van der Waals surface area contributed by atoms with Gasteiger partial charge in [-0.3, -0.25) is 4.79 Å². The molecule has 1 amide bonds. The topological polar surface area (TPSA) is 66.5 Å². The van der Waals surface area contributed by atoms with Gasteiger partial charge in [-0.1, -0.05) is 6.07 Å². The van der Waals surface area contributed by atoms with Gasteiger partial charge in [0.1, 0.15) is 28.1 Å². The molecule has 2 aliphatic heterocycles. The fourth-order valence-electron chi connectivity index (χ4n) is 4.28. The molecule has 2 aliphatic rings. The predicted molar refractivity (Wildman–Crippen MR) is 116 cm³/mol. The van der Waals surface area contributed by atoms with E-state index in [-0.39, 0.29) is 11.3 Å². The number of hydrogen-bond donors (Lipinski definition) is 2. The molecular weight excluding hydrogens is 422 g/mol. The van der Waals surface area contributed by atoms with E-state index >= 15 is 0 Å². The van der Waals surface area contributed by atoms with Crippen LogP contribution in [-0.2, 0) is 0 Å². The molecule has 31 heavy (non-hydrogen) atoms. The number of rotatable bonds is 5. The van der Waals surface area contributed by atoms with Crippen molar-refractivity contribution >= 4 is 28.6 Å². The molecule has 2 N–H and O–H groups in total. The quantitative estimate of drug-likeness (QED) is 0.628. The lowest BCUT2D eigenvalue weighted by Crippen LogP contribution is -2.44. The van der Waals surface area contributed by atoms with E-state index in [4.69, 9.17) is 4.74 Å².